The number of likely N-dealkylation sites (tertiary alicyclic amines) is 1. The average molecular weight is 226 g/mol. The molecular weight excluding hydrogens is 200 g/mol. The molecule has 2 aliphatic heterocycles. The number of unbranched alkanes of at least 4 members (excludes halogenated alkanes) is 1. The van der Waals surface area contributed by atoms with E-state index in [1.807, 2.05) is 0 Å². The average Bonchev–Trinajstić information content (AvgIpc) is 2.83. The SMILES string of the molecule is C(CCN1CCCC1)CNC1CCOCC1. The molecule has 0 bridgehead atoms. The molecule has 94 valence electrons. The fourth-order valence-corrected chi connectivity index (χ4v) is 2.67. The van der Waals surface area contributed by atoms with Gasteiger partial charge in [-0.05, 0) is 64.7 Å². The monoisotopic (exact) mass is 226 g/mol. The van der Waals surface area contributed by atoms with Gasteiger partial charge in [-0.2, -0.15) is 0 Å². The third-order valence-electron chi connectivity index (χ3n) is 3.75. The first-order valence-electron chi connectivity index (χ1n) is 6.98. The lowest BCUT2D eigenvalue weighted by Gasteiger charge is -2.23. The minimum Gasteiger partial charge on any atom is -0.381 e. The van der Waals surface area contributed by atoms with E-state index in [0.717, 1.165) is 19.3 Å². The van der Waals surface area contributed by atoms with Crippen LogP contribution in [0.2, 0.25) is 0 Å². The van der Waals surface area contributed by atoms with Crippen LogP contribution in [-0.4, -0.2) is 50.3 Å². The molecular formula is C13H26N2O. The van der Waals surface area contributed by atoms with Crippen LogP contribution < -0.4 is 5.32 Å². The van der Waals surface area contributed by atoms with Crippen molar-refractivity contribution >= 4 is 0 Å². The zero-order valence-electron chi connectivity index (χ0n) is 10.4. The lowest BCUT2D eigenvalue weighted by atomic mass is 10.1. The molecule has 0 aliphatic carbocycles. The Morgan fingerprint density at radius 2 is 1.81 bits per heavy atom. The smallest absolute Gasteiger partial charge is 0.0480 e. The minimum atomic E-state index is 0.723. The van der Waals surface area contributed by atoms with Gasteiger partial charge < -0.3 is 15.0 Å². The van der Waals surface area contributed by atoms with Gasteiger partial charge in [0.05, 0.1) is 0 Å². The van der Waals surface area contributed by atoms with E-state index in [1.165, 1.54) is 64.7 Å². The molecule has 1 N–H and O–H groups in total. The maximum Gasteiger partial charge on any atom is 0.0480 e. The van der Waals surface area contributed by atoms with E-state index in [4.69, 9.17) is 4.74 Å². The van der Waals surface area contributed by atoms with E-state index in [1.54, 1.807) is 0 Å². The Labute approximate surface area is 99.5 Å². The Morgan fingerprint density at radius 1 is 1.06 bits per heavy atom. The predicted molar refractivity (Wildman–Crippen MR) is 66.8 cm³/mol. The van der Waals surface area contributed by atoms with Crippen molar-refractivity contribution in [2.45, 2.75) is 44.6 Å². The largest absolute Gasteiger partial charge is 0.381 e. The van der Waals surface area contributed by atoms with Crippen LogP contribution in [0.1, 0.15) is 38.5 Å². The van der Waals surface area contributed by atoms with Crippen molar-refractivity contribution in [1.82, 2.24) is 10.2 Å². The Morgan fingerprint density at radius 3 is 2.56 bits per heavy atom. The maximum absolute atomic E-state index is 5.35. The molecule has 0 amide bonds. The standard InChI is InChI=1S/C13H26N2O/c1(2-8-15-9-3-4-10-15)7-14-13-5-11-16-12-6-13/h13-14H,1-12H2. The van der Waals surface area contributed by atoms with Crippen LogP contribution in [0.3, 0.4) is 0 Å². The Hall–Kier alpha value is -0.120. The summed E-state index contributed by atoms with van der Waals surface area (Å²) in [7, 11) is 0. The maximum atomic E-state index is 5.35. The third-order valence-corrected chi connectivity index (χ3v) is 3.75. The fourth-order valence-electron chi connectivity index (χ4n) is 2.67. The molecule has 3 heteroatoms. The fraction of sp³-hybridized carbons (Fsp3) is 1.00. The quantitative estimate of drug-likeness (QED) is 0.697. The zero-order chi connectivity index (χ0) is 11.1. The van der Waals surface area contributed by atoms with Crippen LogP contribution >= 0.6 is 0 Å². The highest BCUT2D eigenvalue weighted by Gasteiger charge is 2.13. The minimum absolute atomic E-state index is 0.723. The second-order valence-corrected chi connectivity index (χ2v) is 5.10. The lowest BCUT2D eigenvalue weighted by Crippen LogP contribution is -2.35. The molecule has 3 nitrogen and oxygen atoms in total. The van der Waals surface area contributed by atoms with Crippen LogP contribution in [0.5, 0.6) is 0 Å². The normalized spacial score (nSPS) is 24.0. The summed E-state index contributed by atoms with van der Waals surface area (Å²) in [5.41, 5.74) is 0. The van der Waals surface area contributed by atoms with Crippen LogP contribution in [0, 0.1) is 0 Å². The third kappa shape index (κ3) is 4.40. The van der Waals surface area contributed by atoms with E-state index in [-0.39, 0.29) is 0 Å². The molecule has 16 heavy (non-hydrogen) atoms. The van der Waals surface area contributed by atoms with E-state index in [9.17, 15) is 0 Å². The van der Waals surface area contributed by atoms with Crippen LogP contribution in [-0.2, 0) is 4.74 Å². The van der Waals surface area contributed by atoms with Crippen LogP contribution in [0.4, 0.5) is 0 Å². The molecule has 2 aliphatic rings. The second-order valence-electron chi connectivity index (χ2n) is 5.10. The van der Waals surface area contributed by atoms with Crippen molar-refractivity contribution in [1.29, 1.82) is 0 Å². The van der Waals surface area contributed by atoms with Gasteiger partial charge in [0.1, 0.15) is 0 Å². The number of hydrogen-bond acceptors (Lipinski definition) is 3. The molecule has 2 rings (SSSR count). The van der Waals surface area contributed by atoms with Crippen LogP contribution in [0.15, 0.2) is 0 Å². The first-order valence-corrected chi connectivity index (χ1v) is 6.98. The topological polar surface area (TPSA) is 24.5 Å². The molecule has 0 saturated carbocycles. The number of nitrogens with zero attached hydrogens (tertiary/aromatic N) is 1. The molecule has 2 saturated heterocycles. The van der Waals surface area contributed by atoms with Crippen molar-refractivity contribution in [3.63, 3.8) is 0 Å². The molecule has 0 aromatic rings. The van der Waals surface area contributed by atoms with Crippen molar-refractivity contribution in [3.05, 3.63) is 0 Å². The molecule has 0 aromatic heterocycles. The Balaban J connectivity index is 1.42. The molecule has 0 radical (unpaired) electrons. The number of nitrogens with one attached hydrogen (secondary N) is 1. The summed E-state index contributed by atoms with van der Waals surface area (Å²) in [4.78, 5) is 2.61. The Kier molecular flexibility index (Phi) is 5.59. The molecule has 2 fully saturated rings. The van der Waals surface area contributed by atoms with E-state index < -0.39 is 0 Å². The van der Waals surface area contributed by atoms with Gasteiger partial charge in [-0.25, -0.2) is 0 Å². The number of ether oxygens (including phenoxy) is 1. The summed E-state index contributed by atoms with van der Waals surface area (Å²) >= 11 is 0. The van der Waals surface area contributed by atoms with Crippen molar-refractivity contribution in [3.8, 4) is 0 Å². The van der Waals surface area contributed by atoms with Gasteiger partial charge in [0, 0.05) is 19.3 Å². The zero-order valence-corrected chi connectivity index (χ0v) is 10.4. The summed E-state index contributed by atoms with van der Waals surface area (Å²) in [6.07, 6.45) is 7.92. The summed E-state index contributed by atoms with van der Waals surface area (Å²) in [6, 6.07) is 0.723. The van der Waals surface area contributed by atoms with E-state index in [2.05, 4.69) is 10.2 Å². The highest BCUT2D eigenvalue weighted by atomic mass is 16.5. The van der Waals surface area contributed by atoms with Gasteiger partial charge in [-0.1, -0.05) is 0 Å². The van der Waals surface area contributed by atoms with Crippen molar-refractivity contribution in [2.24, 2.45) is 0 Å². The van der Waals surface area contributed by atoms with Crippen molar-refractivity contribution < 1.29 is 4.74 Å². The van der Waals surface area contributed by atoms with Gasteiger partial charge in [0.15, 0.2) is 0 Å². The predicted octanol–water partition coefficient (Wildman–Crippen LogP) is 1.63. The summed E-state index contributed by atoms with van der Waals surface area (Å²) in [5.74, 6) is 0. The van der Waals surface area contributed by atoms with Gasteiger partial charge in [-0.3, -0.25) is 0 Å². The van der Waals surface area contributed by atoms with Crippen LogP contribution in [0.25, 0.3) is 0 Å². The lowest BCUT2D eigenvalue weighted by molar-refractivity contribution is 0.0779. The van der Waals surface area contributed by atoms with Gasteiger partial charge in [-0.15, -0.1) is 0 Å². The molecule has 0 atom stereocenters. The second kappa shape index (κ2) is 7.25. The Bertz CT molecular complexity index is 175. The van der Waals surface area contributed by atoms with Crippen molar-refractivity contribution in [2.75, 3.05) is 39.4 Å². The van der Waals surface area contributed by atoms with Gasteiger partial charge in [0.2, 0.25) is 0 Å². The van der Waals surface area contributed by atoms with E-state index in [0.29, 0.717) is 0 Å². The summed E-state index contributed by atoms with van der Waals surface area (Å²) in [5, 5.41) is 3.65. The van der Waals surface area contributed by atoms with E-state index >= 15 is 0 Å². The summed E-state index contributed by atoms with van der Waals surface area (Å²) < 4.78 is 5.35. The first-order chi connectivity index (χ1) is 7.95. The number of rotatable bonds is 6. The van der Waals surface area contributed by atoms with Gasteiger partial charge in [0.25, 0.3) is 0 Å². The molecule has 0 aromatic carbocycles. The summed E-state index contributed by atoms with van der Waals surface area (Å²) in [6.45, 7) is 7.09. The highest BCUT2D eigenvalue weighted by Crippen LogP contribution is 2.09. The first kappa shape index (κ1) is 12.3. The molecule has 0 unspecified atom stereocenters. The van der Waals surface area contributed by atoms with Gasteiger partial charge >= 0.3 is 0 Å². The molecule has 0 spiro atoms. The molecule has 2 heterocycles. The highest BCUT2D eigenvalue weighted by molar-refractivity contribution is 4.70. The number of hydrogen-bond donors (Lipinski definition) is 1.